The molecular weight excluding hydrogens is 126 g/mol. The van der Waals surface area contributed by atoms with Gasteiger partial charge in [-0.05, 0) is 19.3 Å². The normalized spacial score (nSPS) is 13.6. The molecule has 0 aromatic carbocycles. The lowest BCUT2D eigenvalue weighted by atomic mass is 10.1. The molecule has 1 atom stereocenters. The fraction of sp³-hybridized carbons (Fsp3) is 0.875. The van der Waals surface area contributed by atoms with Crippen LogP contribution >= 0.6 is 0 Å². The van der Waals surface area contributed by atoms with Crippen LogP contribution in [-0.2, 0) is 4.79 Å². The summed E-state index contributed by atoms with van der Waals surface area (Å²) in [7, 11) is 0. The average Bonchev–Trinajstić information content (AvgIpc) is 1.82. The molecule has 0 heterocycles. The molecule has 59 valence electrons. The molecule has 0 amide bonds. The van der Waals surface area contributed by atoms with Crippen LogP contribution in [0.15, 0.2) is 0 Å². The smallest absolute Gasteiger partial charge is 0.213 e. The summed E-state index contributed by atoms with van der Waals surface area (Å²) >= 11 is 0. The van der Waals surface area contributed by atoms with E-state index in [4.69, 9.17) is 0 Å². The first-order chi connectivity index (χ1) is 4.66. The third-order valence-electron chi connectivity index (χ3n) is 1.35. The summed E-state index contributed by atoms with van der Waals surface area (Å²) in [5.74, 6) is 0.689. The Morgan fingerprint density at radius 3 is 2.40 bits per heavy atom. The first kappa shape index (κ1) is 9.63. The van der Waals surface area contributed by atoms with E-state index in [1.807, 2.05) is 6.29 Å². The Labute approximate surface area is 63.0 Å². The monoisotopic (exact) mass is 142 g/mol. The van der Waals surface area contributed by atoms with Crippen molar-refractivity contribution in [2.75, 3.05) is 6.54 Å². The van der Waals surface area contributed by atoms with E-state index in [9.17, 15) is 4.79 Å². The van der Waals surface area contributed by atoms with Gasteiger partial charge in [-0.25, -0.2) is 0 Å². The fourth-order valence-corrected chi connectivity index (χ4v) is 1.01. The summed E-state index contributed by atoms with van der Waals surface area (Å²) in [6, 6.07) is 0.432. The second-order valence-electron chi connectivity index (χ2n) is 3.06. The van der Waals surface area contributed by atoms with Gasteiger partial charge >= 0.3 is 0 Å². The van der Waals surface area contributed by atoms with Gasteiger partial charge in [-0.15, -0.1) is 0 Å². The van der Waals surface area contributed by atoms with Crippen LogP contribution in [0.3, 0.4) is 0 Å². The Bertz CT molecular complexity index is 91.3. The Hall–Kier alpha value is -0.370. The van der Waals surface area contributed by atoms with Crippen molar-refractivity contribution < 1.29 is 4.79 Å². The zero-order valence-electron chi connectivity index (χ0n) is 6.98. The van der Waals surface area contributed by atoms with Crippen LogP contribution in [0.4, 0.5) is 0 Å². The number of hydrogen-bond acceptors (Lipinski definition) is 2. The summed E-state index contributed by atoms with van der Waals surface area (Å²) < 4.78 is 0. The number of rotatable bonds is 5. The van der Waals surface area contributed by atoms with Gasteiger partial charge in [0.15, 0.2) is 0 Å². The zero-order valence-corrected chi connectivity index (χ0v) is 6.98. The molecule has 0 aliphatic heterocycles. The van der Waals surface area contributed by atoms with Crippen LogP contribution in [0.25, 0.3) is 0 Å². The van der Waals surface area contributed by atoms with Crippen molar-refractivity contribution in [3.8, 4) is 0 Å². The lowest BCUT2D eigenvalue weighted by Crippen LogP contribution is -2.28. The largest absolute Gasteiger partial charge is 0.307 e. The summed E-state index contributed by atoms with van der Waals surface area (Å²) in [6.45, 7) is 6.77. The van der Waals surface area contributed by atoms with Gasteiger partial charge in [-0.2, -0.15) is 0 Å². The van der Waals surface area contributed by atoms with Gasteiger partial charge in [0.1, 0.15) is 0 Å². The SMILES string of the molecule is CC(C)CC(C)NC[C]=O. The van der Waals surface area contributed by atoms with Gasteiger partial charge in [0.2, 0.25) is 6.29 Å². The highest BCUT2D eigenvalue weighted by Gasteiger charge is 2.02. The number of carbonyl (C=O) groups excluding carboxylic acids is 1. The third kappa shape index (κ3) is 5.76. The Kier molecular flexibility index (Phi) is 5.22. The minimum absolute atomic E-state index is 0.355. The van der Waals surface area contributed by atoms with Crippen molar-refractivity contribution in [2.45, 2.75) is 33.2 Å². The maximum atomic E-state index is 9.81. The quantitative estimate of drug-likeness (QED) is 0.623. The van der Waals surface area contributed by atoms with Crippen molar-refractivity contribution in [3.63, 3.8) is 0 Å². The Balaban J connectivity index is 3.24. The molecule has 1 radical (unpaired) electrons. The van der Waals surface area contributed by atoms with E-state index in [0.29, 0.717) is 18.5 Å². The zero-order chi connectivity index (χ0) is 7.98. The van der Waals surface area contributed by atoms with Crippen LogP contribution in [0.1, 0.15) is 27.2 Å². The van der Waals surface area contributed by atoms with Crippen LogP contribution < -0.4 is 5.32 Å². The van der Waals surface area contributed by atoms with E-state index in [2.05, 4.69) is 26.1 Å². The Morgan fingerprint density at radius 2 is 2.00 bits per heavy atom. The highest BCUT2D eigenvalue weighted by Crippen LogP contribution is 2.02. The van der Waals surface area contributed by atoms with E-state index in [1.54, 1.807) is 0 Å². The molecule has 0 aliphatic rings. The molecule has 0 fully saturated rings. The molecule has 0 saturated carbocycles. The third-order valence-corrected chi connectivity index (χ3v) is 1.35. The van der Waals surface area contributed by atoms with Gasteiger partial charge in [-0.1, -0.05) is 13.8 Å². The summed E-state index contributed by atoms with van der Waals surface area (Å²) in [5.41, 5.74) is 0. The maximum absolute atomic E-state index is 9.81. The topological polar surface area (TPSA) is 29.1 Å². The van der Waals surface area contributed by atoms with Gasteiger partial charge in [0, 0.05) is 6.04 Å². The van der Waals surface area contributed by atoms with Crippen molar-refractivity contribution in [1.82, 2.24) is 5.32 Å². The number of hydrogen-bond donors (Lipinski definition) is 1. The molecule has 1 unspecified atom stereocenters. The second-order valence-corrected chi connectivity index (χ2v) is 3.06. The molecule has 0 aromatic heterocycles. The first-order valence-electron chi connectivity index (χ1n) is 3.75. The van der Waals surface area contributed by atoms with E-state index < -0.39 is 0 Å². The molecule has 0 spiro atoms. The van der Waals surface area contributed by atoms with Crippen molar-refractivity contribution >= 4 is 6.29 Å². The predicted molar refractivity (Wildman–Crippen MR) is 42.6 cm³/mol. The highest BCUT2D eigenvalue weighted by molar-refractivity contribution is 5.52. The van der Waals surface area contributed by atoms with Gasteiger partial charge < -0.3 is 5.32 Å². The molecule has 10 heavy (non-hydrogen) atoms. The van der Waals surface area contributed by atoms with Crippen molar-refractivity contribution in [3.05, 3.63) is 0 Å². The molecule has 0 aromatic rings. The van der Waals surface area contributed by atoms with E-state index in [1.165, 1.54) is 0 Å². The fourth-order valence-electron chi connectivity index (χ4n) is 1.01. The molecule has 0 saturated heterocycles. The predicted octanol–water partition coefficient (Wildman–Crippen LogP) is 1.12. The lowest BCUT2D eigenvalue weighted by Gasteiger charge is -2.13. The summed E-state index contributed by atoms with van der Waals surface area (Å²) in [6.07, 6.45) is 2.92. The minimum atomic E-state index is 0.355. The maximum Gasteiger partial charge on any atom is 0.213 e. The Morgan fingerprint density at radius 1 is 1.40 bits per heavy atom. The van der Waals surface area contributed by atoms with E-state index >= 15 is 0 Å². The number of nitrogens with one attached hydrogen (secondary N) is 1. The highest BCUT2D eigenvalue weighted by atomic mass is 16.1. The van der Waals surface area contributed by atoms with Crippen molar-refractivity contribution in [1.29, 1.82) is 0 Å². The molecule has 0 aliphatic carbocycles. The molecule has 2 heteroatoms. The van der Waals surface area contributed by atoms with Gasteiger partial charge in [0.25, 0.3) is 0 Å². The molecule has 0 rings (SSSR count). The van der Waals surface area contributed by atoms with Crippen LogP contribution in [0.2, 0.25) is 0 Å². The molecule has 2 nitrogen and oxygen atoms in total. The average molecular weight is 142 g/mol. The standard InChI is InChI=1S/C8H16NO/c1-7(2)6-8(3)9-4-5-10/h7-9H,4,6H2,1-3H3. The van der Waals surface area contributed by atoms with E-state index in [-0.39, 0.29) is 0 Å². The van der Waals surface area contributed by atoms with Gasteiger partial charge in [-0.3, -0.25) is 4.79 Å². The van der Waals surface area contributed by atoms with Crippen molar-refractivity contribution in [2.24, 2.45) is 5.92 Å². The minimum Gasteiger partial charge on any atom is -0.307 e. The van der Waals surface area contributed by atoms with Gasteiger partial charge in [0.05, 0.1) is 6.54 Å². The first-order valence-corrected chi connectivity index (χ1v) is 3.75. The van der Waals surface area contributed by atoms with E-state index in [0.717, 1.165) is 6.42 Å². The van der Waals surface area contributed by atoms with Crippen LogP contribution in [0, 0.1) is 5.92 Å². The lowest BCUT2D eigenvalue weighted by molar-refractivity contribution is 0.454. The van der Waals surface area contributed by atoms with Crippen LogP contribution in [0.5, 0.6) is 0 Å². The van der Waals surface area contributed by atoms with Crippen LogP contribution in [-0.4, -0.2) is 18.9 Å². The summed E-state index contributed by atoms with van der Waals surface area (Å²) in [4.78, 5) is 9.81. The molecule has 1 N–H and O–H groups in total. The molecule has 0 bridgehead atoms. The molecular formula is C8H16NO. The second kappa shape index (κ2) is 5.42. The summed E-state index contributed by atoms with van der Waals surface area (Å²) in [5, 5.41) is 3.04.